The van der Waals surface area contributed by atoms with Crippen molar-refractivity contribution in [2.75, 3.05) is 44.7 Å². The molecular weight excluding hydrogens is 658 g/mol. The minimum absolute atomic E-state index is 0.0637. The van der Waals surface area contributed by atoms with Crippen molar-refractivity contribution < 1.29 is 31.9 Å². The second-order valence-electron chi connectivity index (χ2n) is 11.9. The van der Waals surface area contributed by atoms with Crippen LogP contribution in [0.15, 0.2) is 82.4 Å². The number of nitrogens with zero attached hydrogens (tertiary/aromatic N) is 4. The van der Waals surface area contributed by atoms with E-state index in [1.165, 1.54) is 44.7 Å². The number of piperazine rings is 1. The maximum atomic E-state index is 15.5. The summed E-state index contributed by atoms with van der Waals surface area (Å²) in [6.45, 7) is 2.26. The molecule has 3 aliphatic heterocycles. The summed E-state index contributed by atoms with van der Waals surface area (Å²) in [5, 5.41) is 3.18. The Balaban J connectivity index is 1.47. The quantitative estimate of drug-likeness (QED) is 0.274. The van der Waals surface area contributed by atoms with E-state index in [1.54, 1.807) is 30.5 Å². The summed E-state index contributed by atoms with van der Waals surface area (Å²) in [6, 6.07) is 15.8. The molecule has 2 amide bonds. The molecule has 12 nitrogen and oxygen atoms in total. The standard InChI is InChI=1S/C34H34ClN5O7S/c1-45-24-7-9-25(10-8-24)48(43,44)40-28-11-6-23(35)19-26(28)34(33(40)42,39-15-3-4-29(39)32-37-14-17-47-32)27-18-22(5-12-30(27)46-2)20-38-16-13-36-31(41)21-38/h5-12,14,17-19,29H,3-4,13,15-16,20-21H2,1-2H3,(H,36,41)/t29-,34?/m0/s1. The van der Waals surface area contributed by atoms with Crippen LogP contribution in [0.1, 0.15) is 41.5 Å². The van der Waals surface area contributed by atoms with Crippen LogP contribution in [0.4, 0.5) is 5.69 Å². The van der Waals surface area contributed by atoms with Gasteiger partial charge in [-0.15, -0.1) is 0 Å². The number of ether oxygens (including phenoxy) is 2. The first-order chi connectivity index (χ1) is 23.2. The van der Waals surface area contributed by atoms with E-state index in [-0.39, 0.29) is 23.0 Å². The van der Waals surface area contributed by atoms with Crippen LogP contribution >= 0.6 is 11.6 Å². The first-order valence-corrected chi connectivity index (χ1v) is 17.4. The zero-order chi connectivity index (χ0) is 33.6. The number of likely N-dealkylation sites (tertiary alicyclic amines) is 1. The second kappa shape index (κ2) is 12.5. The van der Waals surface area contributed by atoms with Crippen LogP contribution in [0.25, 0.3) is 0 Å². The summed E-state index contributed by atoms with van der Waals surface area (Å²) in [4.78, 5) is 36.1. The van der Waals surface area contributed by atoms with E-state index < -0.39 is 27.5 Å². The van der Waals surface area contributed by atoms with E-state index in [0.717, 1.165) is 9.87 Å². The summed E-state index contributed by atoms with van der Waals surface area (Å²) in [5.41, 5.74) is 0.112. The fourth-order valence-corrected chi connectivity index (χ4v) is 8.81. The molecule has 0 radical (unpaired) electrons. The smallest absolute Gasteiger partial charge is 0.271 e. The zero-order valence-corrected chi connectivity index (χ0v) is 28.0. The van der Waals surface area contributed by atoms with E-state index in [2.05, 4.69) is 10.3 Å². The van der Waals surface area contributed by atoms with Gasteiger partial charge in [-0.3, -0.25) is 19.4 Å². The van der Waals surface area contributed by atoms with Crippen LogP contribution in [0, 0.1) is 0 Å². The third kappa shape index (κ3) is 5.21. The van der Waals surface area contributed by atoms with Gasteiger partial charge in [-0.1, -0.05) is 17.7 Å². The van der Waals surface area contributed by atoms with E-state index in [1.807, 2.05) is 21.9 Å². The number of carbonyl (C=O) groups is 2. The van der Waals surface area contributed by atoms with Crippen LogP contribution < -0.4 is 19.1 Å². The Kier molecular flexibility index (Phi) is 8.40. The molecule has 2 fully saturated rings. The SMILES string of the molecule is COc1ccc(S(=O)(=O)N2C(=O)C(c3cc(CN4CCNC(=O)C4)ccc3OC)(N3CCC[C@H]3c3ncco3)c3cc(Cl)ccc32)cc1. The van der Waals surface area contributed by atoms with Gasteiger partial charge in [0.15, 0.2) is 5.54 Å². The summed E-state index contributed by atoms with van der Waals surface area (Å²) in [6.07, 6.45) is 4.34. The predicted octanol–water partition coefficient (Wildman–Crippen LogP) is 4.09. The van der Waals surface area contributed by atoms with Crippen molar-refractivity contribution in [2.24, 2.45) is 0 Å². The minimum atomic E-state index is -4.45. The molecule has 0 saturated carbocycles. The molecule has 48 heavy (non-hydrogen) atoms. The highest BCUT2D eigenvalue weighted by molar-refractivity contribution is 7.93. The number of nitrogens with one attached hydrogen (secondary N) is 1. The topological polar surface area (TPSA) is 135 Å². The van der Waals surface area contributed by atoms with Crippen LogP contribution in [-0.2, 0) is 31.7 Å². The summed E-state index contributed by atoms with van der Waals surface area (Å²) >= 11 is 6.67. The van der Waals surface area contributed by atoms with Crippen molar-refractivity contribution in [1.29, 1.82) is 0 Å². The predicted molar refractivity (Wildman–Crippen MR) is 176 cm³/mol. The Labute approximate surface area is 283 Å². The van der Waals surface area contributed by atoms with Crippen molar-refractivity contribution in [2.45, 2.75) is 35.9 Å². The third-order valence-corrected chi connectivity index (χ3v) is 11.2. The second-order valence-corrected chi connectivity index (χ2v) is 14.2. The number of sulfonamides is 1. The van der Waals surface area contributed by atoms with Crippen molar-refractivity contribution in [1.82, 2.24) is 20.1 Å². The number of methoxy groups -OCH3 is 2. The molecule has 0 spiro atoms. The van der Waals surface area contributed by atoms with Gasteiger partial charge in [0.25, 0.3) is 15.9 Å². The number of carbonyl (C=O) groups excluding carboxylic acids is 2. The number of hydrogen-bond donors (Lipinski definition) is 1. The number of rotatable bonds is 9. The average molecular weight is 692 g/mol. The van der Waals surface area contributed by atoms with E-state index >= 15 is 4.79 Å². The summed E-state index contributed by atoms with van der Waals surface area (Å²) in [5.74, 6) is 0.500. The molecule has 14 heteroatoms. The van der Waals surface area contributed by atoms with Gasteiger partial charge in [0.1, 0.15) is 17.8 Å². The van der Waals surface area contributed by atoms with E-state index in [0.29, 0.717) is 72.6 Å². The zero-order valence-electron chi connectivity index (χ0n) is 26.4. The highest BCUT2D eigenvalue weighted by atomic mass is 35.5. The fourth-order valence-electron chi connectivity index (χ4n) is 7.18. The molecule has 7 rings (SSSR count). The molecule has 1 aromatic heterocycles. The molecule has 2 saturated heterocycles. The maximum absolute atomic E-state index is 15.5. The number of fused-ring (bicyclic) bond motifs is 1. The lowest BCUT2D eigenvalue weighted by Crippen LogP contribution is -2.54. The van der Waals surface area contributed by atoms with Gasteiger partial charge in [0, 0.05) is 42.3 Å². The number of anilines is 1. The lowest BCUT2D eigenvalue weighted by molar-refractivity contribution is -0.127. The minimum Gasteiger partial charge on any atom is -0.497 e. The fraction of sp³-hybridized carbons (Fsp3) is 0.324. The van der Waals surface area contributed by atoms with Gasteiger partial charge >= 0.3 is 0 Å². The van der Waals surface area contributed by atoms with E-state index in [9.17, 15) is 13.2 Å². The van der Waals surface area contributed by atoms with Gasteiger partial charge < -0.3 is 19.2 Å². The molecule has 0 aliphatic carbocycles. The van der Waals surface area contributed by atoms with Gasteiger partial charge in [-0.25, -0.2) is 17.7 Å². The van der Waals surface area contributed by atoms with Gasteiger partial charge in [0.2, 0.25) is 11.8 Å². The first kappa shape index (κ1) is 32.1. The van der Waals surface area contributed by atoms with Gasteiger partial charge in [-0.2, -0.15) is 0 Å². The van der Waals surface area contributed by atoms with Crippen molar-refractivity contribution in [3.63, 3.8) is 0 Å². The molecular formula is C34H34ClN5O7S. The Morgan fingerprint density at radius 1 is 1.02 bits per heavy atom. The molecule has 2 atom stereocenters. The number of benzene rings is 3. The monoisotopic (exact) mass is 691 g/mol. The number of halogens is 1. The number of aromatic nitrogens is 1. The summed E-state index contributed by atoms with van der Waals surface area (Å²) in [7, 11) is -1.45. The molecule has 4 heterocycles. The van der Waals surface area contributed by atoms with Crippen LogP contribution in [0.5, 0.6) is 11.5 Å². The van der Waals surface area contributed by atoms with E-state index in [4.69, 9.17) is 25.5 Å². The Bertz CT molecular complexity index is 1970. The number of oxazole rings is 1. The van der Waals surface area contributed by atoms with Crippen molar-refractivity contribution >= 4 is 39.1 Å². The third-order valence-electron chi connectivity index (χ3n) is 9.26. The Morgan fingerprint density at radius 2 is 1.83 bits per heavy atom. The van der Waals surface area contributed by atoms with Gasteiger partial charge in [-0.05, 0) is 73.0 Å². The average Bonchev–Trinajstić information content (AvgIpc) is 3.84. The largest absolute Gasteiger partial charge is 0.497 e. The maximum Gasteiger partial charge on any atom is 0.271 e. The molecule has 0 bridgehead atoms. The van der Waals surface area contributed by atoms with Crippen LogP contribution in [0.2, 0.25) is 5.02 Å². The van der Waals surface area contributed by atoms with Crippen molar-refractivity contribution in [3.8, 4) is 11.5 Å². The van der Waals surface area contributed by atoms with Crippen LogP contribution in [-0.4, -0.2) is 75.4 Å². The lowest BCUT2D eigenvalue weighted by Gasteiger charge is -2.41. The molecule has 1 N–H and O–H groups in total. The molecule has 250 valence electrons. The molecule has 3 aliphatic rings. The lowest BCUT2D eigenvalue weighted by atomic mass is 9.80. The summed E-state index contributed by atoms with van der Waals surface area (Å²) < 4.78 is 47.0. The van der Waals surface area contributed by atoms with Crippen LogP contribution in [0.3, 0.4) is 0 Å². The highest BCUT2D eigenvalue weighted by Gasteiger charge is 2.62. The molecule has 4 aromatic rings. The Hall–Kier alpha value is -4.43. The van der Waals surface area contributed by atoms with Crippen molar-refractivity contribution in [3.05, 3.63) is 101 Å². The highest BCUT2D eigenvalue weighted by Crippen LogP contribution is 2.57. The number of amides is 2. The Morgan fingerprint density at radius 3 is 2.54 bits per heavy atom. The molecule has 1 unspecified atom stereocenters. The number of hydrogen-bond acceptors (Lipinski definition) is 10. The first-order valence-electron chi connectivity index (χ1n) is 15.5. The molecule has 3 aromatic carbocycles. The van der Waals surface area contributed by atoms with Gasteiger partial charge in [0.05, 0.1) is 43.6 Å². The normalized spacial score (nSPS) is 21.7.